The lowest BCUT2D eigenvalue weighted by Gasteiger charge is -2.32. The number of anilines is 1. The van der Waals surface area contributed by atoms with Gasteiger partial charge in [0.05, 0.1) is 10.6 Å². The summed E-state index contributed by atoms with van der Waals surface area (Å²) < 4.78 is 39.9. The van der Waals surface area contributed by atoms with Gasteiger partial charge in [-0.3, -0.25) is 13.9 Å². The van der Waals surface area contributed by atoms with Gasteiger partial charge in [-0.15, -0.1) is 0 Å². The minimum atomic E-state index is -4.15. The number of ether oxygens (including phenoxy) is 2. The maximum Gasteiger partial charge on any atom is 0.264 e. The van der Waals surface area contributed by atoms with Gasteiger partial charge in [-0.2, -0.15) is 0 Å². The molecule has 200 valence electrons. The Kier molecular flexibility index (Phi) is 8.52. The zero-order valence-corrected chi connectivity index (χ0v) is 22.2. The Labute approximate surface area is 223 Å². The molecule has 1 N–H and O–H groups in total. The normalized spacial score (nSPS) is 13.3. The van der Waals surface area contributed by atoms with Gasteiger partial charge in [0.1, 0.15) is 25.8 Å². The molecule has 0 aliphatic carbocycles. The summed E-state index contributed by atoms with van der Waals surface area (Å²) in [6.45, 7) is 4.17. The van der Waals surface area contributed by atoms with Crippen molar-refractivity contribution in [2.24, 2.45) is 0 Å². The Hall–Kier alpha value is -4.05. The van der Waals surface area contributed by atoms with Crippen LogP contribution in [0.5, 0.6) is 11.5 Å². The molecule has 1 atom stereocenters. The Balaban J connectivity index is 1.72. The molecule has 3 aromatic carbocycles. The van der Waals surface area contributed by atoms with Crippen molar-refractivity contribution >= 4 is 27.5 Å². The van der Waals surface area contributed by atoms with Gasteiger partial charge in [0.15, 0.2) is 11.5 Å². The van der Waals surface area contributed by atoms with E-state index >= 15 is 0 Å². The number of fused-ring (bicyclic) bond motifs is 1. The molecule has 3 aromatic rings. The van der Waals surface area contributed by atoms with Crippen molar-refractivity contribution in [2.45, 2.75) is 31.3 Å². The van der Waals surface area contributed by atoms with E-state index < -0.39 is 28.5 Å². The zero-order valence-electron chi connectivity index (χ0n) is 21.4. The van der Waals surface area contributed by atoms with Crippen LogP contribution in [0.2, 0.25) is 0 Å². The summed E-state index contributed by atoms with van der Waals surface area (Å²) in [6.07, 6.45) is 0. The van der Waals surface area contributed by atoms with E-state index in [2.05, 4.69) is 5.32 Å². The molecule has 0 saturated carbocycles. The highest BCUT2D eigenvalue weighted by molar-refractivity contribution is 7.92. The summed E-state index contributed by atoms with van der Waals surface area (Å²) in [5.74, 6) is 0.0424. The van der Waals surface area contributed by atoms with Crippen LogP contribution < -0.4 is 19.1 Å². The number of amides is 2. The second kappa shape index (κ2) is 12.0. The summed E-state index contributed by atoms with van der Waals surface area (Å²) in [6, 6.07) is 21.1. The van der Waals surface area contributed by atoms with Crippen molar-refractivity contribution < 1.29 is 27.5 Å². The number of nitrogens with zero attached hydrogens (tertiary/aromatic N) is 2. The lowest BCUT2D eigenvalue weighted by atomic mass is 10.1. The molecule has 2 amide bonds. The molecule has 1 aliphatic rings. The first-order valence-electron chi connectivity index (χ1n) is 12.4. The Morgan fingerprint density at radius 1 is 0.921 bits per heavy atom. The number of benzene rings is 3. The molecule has 0 aromatic heterocycles. The first-order chi connectivity index (χ1) is 18.3. The summed E-state index contributed by atoms with van der Waals surface area (Å²) in [5.41, 5.74) is 1.06. The zero-order chi connectivity index (χ0) is 27.1. The minimum absolute atomic E-state index is 0.0362. The highest BCUT2D eigenvalue weighted by atomic mass is 32.2. The Morgan fingerprint density at radius 2 is 1.55 bits per heavy atom. The van der Waals surface area contributed by atoms with E-state index in [9.17, 15) is 18.0 Å². The number of rotatable bonds is 10. The lowest BCUT2D eigenvalue weighted by molar-refractivity contribution is -0.139. The molecule has 4 rings (SSSR count). The molecule has 0 spiro atoms. The number of hydrogen-bond acceptors (Lipinski definition) is 6. The molecule has 0 bridgehead atoms. The molecular weight excluding hydrogens is 506 g/mol. The third-order valence-electron chi connectivity index (χ3n) is 6.14. The largest absolute Gasteiger partial charge is 0.486 e. The summed E-state index contributed by atoms with van der Waals surface area (Å²) in [7, 11) is -4.15. The highest BCUT2D eigenvalue weighted by Crippen LogP contribution is 2.36. The van der Waals surface area contributed by atoms with Crippen LogP contribution in [0.3, 0.4) is 0 Å². The van der Waals surface area contributed by atoms with Crippen LogP contribution in [-0.4, -0.2) is 57.5 Å². The summed E-state index contributed by atoms with van der Waals surface area (Å²) in [5, 5.41) is 2.75. The number of hydrogen-bond donors (Lipinski definition) is 1. The molecule has 0 radical (unpaired) electrons. The van der Waals surface area contributed by atoms with E-state index in [1.807, 2.05) is 30.3 Å². The van der Waals surface area contributed by atoms with Crippen LogP contribution in [0, 0.1) is 0 Å². The van der Waals surface area contributed by atoms with E-state index in [1.165, 1.54) is 17.0 Å². The van der Waals surface area contributed by atoms with E-state index in [-0.39, 0.29) is 23.0 Å². The van der Waals surface area contributed by atoms with Crippen LogP contribution >= 0.6 is 0 Å². The molecule has 38 heavy (non-hydrogen) atoms. The smallest absolute Gasteiger partial charge is 0.264 e. The van der Waals surface area contributed by atoms with Crippen molar-refractivity contribution in [3.8, 4) is 11.5 Å². The van der Waals surface area contributed by atoms with Crippen molar-refractivity contribution in [2.75, 3.05) is 30.6 Å². The van der Waals surface area contributed by atoms with E-state index in [0.29, 0.717) is 31.3 Å². The average molecular weight is 538 g/mol. The van der Waals surface area contributed by atoms with E-state index in [0.717, 1.165) is 9.87 Å². The van der Waals surface area contributed by atoms with Gasteiger partial charge in [0, 0.05) is 19.2 Å². The fourth-order valence-corrected chi connectivity index (χ4v) is 5.55. The Morgan fingerprint density at radius 3 is 2.21 bits per heavy atom. The standard InChI is InChI=1S/C28H31N3O6S/c1-3-29-28(33)21(2)30(19-22-10-6-4-7-11-22)27(32)20-31(38(34,35)24-12-8-5-9-13-24)23-14-15-25-26(18-23)37-17-16-36-25/h4-15,18,21H,3,16-17,19-20H2,1-2H3,(H,29,33). The van der Waals surface area contributed by atoms with E-state index in [1.54, 1.807) is 50.2 Å². The van der Waals surface area contributed by atoms with Crippen molar-refractivity contribution in [1.29, 1.82) is 0 Å². The van der Waals surface area contributed by atoms with Gasteiger partial charge >= 0.3 is 0 Å². The third-order valence-corrected chi connectivity index (χ3v) is 7.93. The molecular formula is C28H31N3O6S. The average Bonchev–Trinajstić information content (AvgIpc) is 2.95. The second-order valence-corrected chi connectivity index (χ2v) is 10.6. The minimum Gasteiger partial charge on any atom is -0.486 e. The molecule has 0 fully saturated rings. The van der Waals surface area contributed by atoms with Gasteiger partial charge in [0.2, 0.25) is 11.8 Å². The first-order valence-corrected chi connectivity index (χ1v) is 13.8. The van der Waals surface area contributed by atoms with Gasteiger partial charge in [-0.05, 0) is 43.7 Å². The second-order valence-electron chi connectivity index (χ2n) is 8.73. The quantitative estimate of drug-likeness (QED) is 0.426. The van der Waals surface area contributed by atoms with Crippen molar-refractivity contribution in [3.05, 3.63) is 84.4 Å². The maximum atomic E-state index is 13.8. The van der Waals surface area contributed by atoms with Crippen LogP contribution in [0.15, 0.2) is 83.8 Å². The third kappa shape index (κ3) is 6.08. The summed E-state index contributed by atoms with van der Waals surface area (Å²) >= 11 is 0. The number of likely N-dealkylation sites (N-methyl/N-ethyl adjacent to an activating group) is 1. The Bertz CT molecular complexity index is 1370. The van der Waals surface area contributed by atoms with Crippen LogP contribution in [0.4, 0.5) is 5.69 Å². The predicted molar refractivity (Wildman–Crippen MR) is 144 cm³/mol. The maximum absolute atomic E-state index is 13.8. The molecule has 0 saturated heterocycles. The van der Waals surface area contributed by atoms with Crippen molar-refractivity contribution in [1.82, 2.24) is 10.2 Å². The predicted octanol–water partition coefficient (Wildman–Crippen LogP) is 3.21. The molecule has 1 aliphatic heterocycles. The highest BCUT2D eigenvalue weighted by Gasteiger charge is 2.33. The van der Waals surface area contributed by atoms with Crippen LogP contribution in [-0.2, 0) is 26.2 Å². The molecule has 10 heteroatoms. The fraction of sp³-hybridized carbons (Fsp3) is 0.286. The van der Waals surface area contributed by atoms with Gasteiger partial charge in [0.25, 0.3) is 10.0 Å². The summed E-state index contributed by atoms with van der Waals surface area (Å²) in [4.78, 5) is 28.0. The lowest BCUT2D eigenvalue weighted by Crippen LogP contribution is -2.51. The fourth-order valence-electron chi connectivity index (χ4n) is 4.12. The number of carbonyl (C=O) groups is 2. The SMILES string of the molecule is CCNC(=O)C(C)N(Cc1ccccc1)C(=O)CN(c1ccc2c(c1)OCCO2)S(=O)(=O)c1ccccc1. The first kappa shape index (κ1) is 27.0. The van der Waals surface area contributed by atoms with Crippen LogP contribution in [0.1, 0.15) is 19.4 Å². The van der Waals surface area contributed by atoms with Crippen LogP contribution in [0.25, 0.3) is 0 Å². The number of nitrogens with one attached hydrogen (secondary N) is 1. The van der Waals surface area contributed by atoms with Gasteiger partial charge < -0.3 is 19.7 Å². The molecule has 1 heterocycles. The van der Waals surface area contributed by atoms with Gasteiger partial charge in [-0.1, -0.05) is 48.5 Å². The number of carbonyl (C=O) groups excluding carboxylic acids is 2. The molecule has 1 unspecified atom stereocenters. The van der Waals surface area contributed by atoms with E-state index in [4.69, 9.17) is 9.47 Å². The van der Waals surface area contributed by atoms with Gasteiger partial charge in [-0.25, -0.2) is 8.42 Å². The number of sulfonamides is 1. The topological polar surface area (TPSA) is 105 Å². The van der Waals surface area contributed by atoms with Crippen molar-refractivity contribution in [3.63, 3.8) is 0 Å². The molecule has 9 nitrogen and oxygen atoms in total. The monoisotopic (exact) mass is 537 g/mol.